The quantitative estimate of drug-likeness (QED) is 0.637. The minimum absolute atomic E-state index is 0.0184. The Morgan fingerprint density at radius 3 is 2.50 bits per heavy atom. The summed E-state index contributed by atoms with van der Waals surface area (Å²) in [7, 11) is 0. The van der Waals surface area contributed by atoms with Gasteiger partial charge >= 0.3 is 5.97 Å². The van der Waals surface area contributed by atoms with Crippen LogP contribution >= 0.6 is 0 Å². The van der Waals surface area contributed by atoms with Crippen molar-refractivity contribution >= 4 is 5.97 Å². The molecule has 0 radical (unpaired) electrons. The van der Waals surface area contributed by atoms with Gasteiger partial charge in [0.05, 0.1) is 12.5 Å². The summed E-state index contributed by atoms with van der Waals surface area (Å²) in [5.41, 5.74) is 0.230. The molecule has 1 aliphatic rings. The van der Waals surface area contributed by atoms with Gasteiger partial charge in [0.2, 0.25) is 0 Å². The minimum Gasteiger partial charge on any atom is -0.466 e. The van der Waals surface area contributed by atoms with E-state index in [-0.39, 0.29) is 17.3 Å². The van der Waals surface area contributed by atoms with Crippen molar-refractivity contribution in [2.45, 2.75) is 47.0 Å². The van der Waals surface area contributed by atoms with Gasteiger partial charge in [-0.3, -0.25) is 4.79 Å². The minimum atomic E-state index is 0.0184. The molecule has 1 saturated carbocycles. The molecule has 0 amide bonds. The van der Waals surface area contributed by atoms with Crippen LogP contribution in [0.3, 0.4) is 0 Å². The van der Waals surface area contributed by atoms with Crippen molar-refractivity contribution < 1.29 is 9.53 Å². The number of hydrogen-bond donors (Lipinski definition) is 0. The van der Waals surface area contributed by atoms with Crippen molar-refractivity contribution in [2.24, 2.45) is 17.3 Å². The normalized spacial score (nSPS) is 27.7. The lowest BCUT2D eigenvalue weighted by Crippen LogP contribution is -2.30. The van der Waals surface area contributed by atoms with Gasteiger partial charge in [0.15, 0.2) is 0 Å². The first kappa shape index (κ1) is 11.5. The van der Waals surface area contributed by atoms with Gasteiger partial charge < -0.3 is 4.74 Å². The zero-order valence-corrected chi connectivity index (χ0v) is 9.80. The molecular weight excluding hydrogens is 176 g/mol. The van der Waals surface area contributed by atoms with E-state index in [1.807, 2.05) is 6.92 Å². The van der Waals surface area contributed by atoms with E-state index < -0.39 is 0 Å². The molecule has 1 rings (SSSR count). The van der Waals surface area contributed by atoms with E-state index in [0.29, 0.717) is 12.5 Å². The zero-order valence-electron chi connectivity index (χ0n) is 9.80. The van der Waals surface area contributed by atoms with E-state index in [0.717, 1.165) is 6.42 Å². The summed E-state index contributed by atoms with van der Waals surface area (Å²) in [6.45, 7) is 9.03. The Hall–Kier alpha value is -0.530. The Bertz CT molecular complexity index is 203. The highest BCUT2D eigenvalue weighted by molar-refractivity contribution is 5.73. The third-order valence-corrected chi connectivity index (χ3v) is 3.22. The molecule has 2 atom stereocenters. The summed E-state index contributed by atoms with van der Waals surface area (Å²) in [4.78, 5) is 11.7. The van der Waals surface area contributed by atoms with E-state index in [4.69, 9.17) is 4.74 Å². The number of esters is 1. The van der Waals surface area contributed by atoms with Crippen molar-refractivity contribution in [2.75, 3.05) is 6.61 Å². The summed E-state index contributed by atoms with van der Waals surface area (Å²) >= 11 is 0. The van der Waals surface area contributed by atoms with Crippen LogP contribution < -0.4 is 0 Å². The van der Waals surface area contributed by atoms with Crippen molar-refractivity contribution in [1.82, 2.24) is 0 Å². The summed E-state index contributed by atoms with van der Waals surface area (Å²) in [6.07, 6.45) is 3.36. The third kappa shape index (κ3) is 2.49. The maximum atomic E-state index is 11.7. The molecule has 1 aliphatic carbocycles. The average molecular weight is 198 g/mol. The predicted molar refractivity (Wildman–Crippen MR) is 56.9 cm³/mol. The van der Waals surface area contributed by atoms with E-state index in [2.05, 4.69) is 20.8 Å². The van der Waals surface area contributed by atoms with Crippen LogP contribution in [0.2, 0.25) is 0 Å². The van der Waals surface area contributed by atoms with Gasteiger partial charge in [-0.05, 0) is 31.1 Å². The van der Waals surface area contributed by atoms with Crippen LogP contribution in [0.15, 0.2) is 0 Å². The Morgan fingerprint density at radius 1 is 1.36 bits per heavy atom. The largest absolute Gasteiger partial charge is 0.466 e. The topological polar surface area (TPSA) is 26.3 Å². The molecule has 0 heterocycles. The van der Waals surface area contributed by atoms with Gasteiger partial charge in [0, 0.05) is 0 Å². The molecule has 0 aromatic heterocycles. The monoisotopic (exact) mass is 198 g/mol. The molecule has 1 fully saturated rings. The molecule has 2 heteroatoms. The van der Waals surface area contributed by atoms with E-state index in [1.54, 1.807) is 0 Å². The first-order valence-electron chi connectivity index (χ1n) is 5.63. The van der Waals surface area contributed by atoms with Crippen LogP contribution in [0.25, 0.3) is 0 Å². The smallest absolute Gasteiger partial charge is 0.309 e. The lowest BCUT2D eigenvalue weighted by molar-refractivity contribution is -0.150. The van der Waals surface area contributed by atoms with Gasteiger partial charge in [-0.1, -0.05) is 27.2 Å². The Labute approximate surface area is 87.0 Å². The van der Waals surface area contributed by atoms with Gasteiger partial charge in [0.1, 0.15) is 0 Å². The molecule has 82 valence electrons. The molecule has 2 nitrogen and oxygen atoms in total. The summed E-state index contributed by atoms with van der Waals surface area (Å²) in [6, 6.07) is 0. The van der Waals surface area contributed by atoms with E-state index in [9.17, 15) is 4.79 Å². The molecule has 14 heavy (non-hydrogen) atoms. The second-order valence-corrected chi connectivity index (χ2v) is 5.26. The fraction of sp³-hybridized carbons (Fsp3) is 0.917. The summed E-state index contributed by atoms with van der Waals surface area (Å²) < 4.78 is 5.11. The molecule has 0 N–H and O–H groups in total. The second kappa shape index (κ2) is 4.33. The molecule has 0 aromatic carbocycles. The van der Waals surface area contributed by atoms with Crippen LogP contribution in [0.4, 0.5) is 0 Å². The maximum Gasteiger partial charge on any atom is 0.309 e. The number of carbonyl (C=O) groups excluding carboxylic acids is 1. The van der Waals surface area contributed by atoms with E-state index >= 15 is 0 Å². The molecule has 0 spiro atoms. The molecule has 0 bridgehead atoms. The molecule has 1 unspecified atom stereocenters. The Kier molecular flexibility index (Phi) is 3.57. The predicted octanol–water partition coefficient (Wildman–Crippen LogP) is 3.01. The number of hydrogen-bond acceptors (Lipinski definition) is 2. The number of rotatable bonds is 2. The van der Waals surface area contributed by atoms with Crippen molar-refractivity contribution in [3.05, 3.63) is 0 Å². The fourth-order valence-electron chi connectivity index (χ4n) is 2.53. The fourth-order valence-corrected chi connectivity index (χ4v) is 2.53. The van der Waals surface area contributed by atoms with Gasteiger partial charge in [0.25, 0.3) is 0 Å². The van der Waals surface area contributed by atoms with Crippen molar-refractivity contribution in [3.63, 3.8) is 0 Å². The lowest BCUT2D eigenvalue weighted by Gasteiger charge is -2.31. The van der Waals surface area contributed by atoms with Crippen LogP contribution in [0.5, 0.6) is 0 Å². The third-order valence-electron chi connectivity index (χ3n) is 3.22. The lowest BCUT2D eigenvalue weighted by atomic mass is 9.75. The zero-order chi connectivity index (χ0) is 10.8. The van der Waals surface area contributed by atoms with Crippen LogP contribution in [0, 0.1) is 17.3 Å². The number of ether oxygens (including phenoxy) is 1. The highest BCUT2D eigenvalue weighted by Crippen LogP contribution is 2.43. The van der Waals surface area contributed by atoms with Gasteiger partial charge in [-0.15, -0.1) is 0 Å². The first-order chi connectivity index (χ1) is 6.46. The Morgan fingerprint density at radius 2 is 2.00 bits per heavy atom. The van der Waals surface area contributed by atoms with E-state index in [1.165, 1.54) is 12.8 Å². The summed E-state index contributed by atoms with van der Waals surface area (Å²) in [5, 5.41) is 0. The summed E-state index contributed by atoms with van der Waals surface area (Å²) in [5.74, 6) is 0.668. The molecule has 0 saturated heterocycles. The second-order valence-electron chi connectivity index (χ2n) is 5.26. The standard InChI is InChI=1S/C12H22O2/c1-5-14-11(13)9-7-6-8-10(9)12(2,3)4/h9-10H,5-8H2,1-4H3/t9-,10?/m0/s1. The highest BCUT2D eigenvalue weighted by Gasteiger charge is 2.40. The van der Waals surface area contributed by atoms with Crippen molar-refractivity contribution in [3.8, 4) is 0 Å². The maximum absolute atomic E-state index is 11.7. The van der Waals surface area contributed by atoms with Crippen LogP contribution in [-0.4, -0.2) is 12.6 Å². The molecule has 0 aliphatic heterocycles. The van der Waals surface area contributed by atoms with Crippen LogP contribution in [0.1, 0.15) is 47.0 Å². The van der Waals surface area contributed by atoms with Gasteiger partial charge in [-0.25, -0.2) is 0 Å². The SMILES string of the molecule is CCOC(=O)[C@H]1CCCC1C(C)(C)C. The van der Waals surface area contributed by atoms with Gasteiger partial charge in [-0.2, -0.15) is 0 Å². The molecule has 0 aromatic rings. The highest BCUT2D eigenvalue weighted by atomic mass is 16.5. The molecular formula is C12H22O2. The Balaban J connectivity index is 2.64. The first-order valence-corrected chi connectivity index (χ1v) is 5.63. The van der Waals surface area contributed by atoms with Crippen molar-refractivity contribution in [1.29, 1.82) is 0 Å². The number of carbonyl (C=O) groups is 1. The van der Waals surface area contributed by atoms with Crippen LogP contribution in [-0.2, 0) is 9.53 Å². The average Bonchev–Trinajstić information content (AvgIpc) is 2.50.